The lowest BCUT2D eigenvalue weighted by molar-refractivity contribution is 0.0919. The molecule has 1 aliphatic rings. The van der Waals surface area contributed by atoms with Gasteiger partial charge in [0.25, 0.3) is 5.91 Å². The minimum Gasteiger partial charge on any atom is -0.494 e. The number of piperidine rings is 1. The fraction of sp³-hybridized carbons (Fsp3) is 0.556. The number of carbonyl (C=O) groups excluding carboxylic acids is 2. The number of nitrogens with two attached hydrogens (primary N) is 1. The van der Waals surface area contributed by atoms with Crippen LogP contribution in [0.25, 0.3) is 0 Å². The number of amides is 3. The van der Waals surface area contributed by atoms with Crippen LogP contribution in [0.3, 0.4) is 0 Å². The molecule has 1 aromatic rings. The van der Waals surface area contributed by atoms with E-state index in [4.69, 9.17) is 10.5 Å². The van der Waals surface area contributed by atoms with Gasteiger partial charge in [0.15, 0.2) is 0 Å². The van der Waals surface area contributed by atoms with Crippen molar-refractivity contribution in [3.63, 3.8) is 0 Å². The molecule has 2 rings (SSSR count). The third-order valence-electron chi connectivity index (χ3n) is 4.22. The first-order chi connectivity index (χ1) is 11.5. The predicted molar refractivity (Wildman–Crippen MR) is 93.0 cm³/mol. The summed E-state index contributed by atoms with van der Waals surface area (Å²) in [4.78, 5) is 25.0. The highest BCUT2D eigenvalue weighted by molar-refractivity contribution is 5.94. The lowest BCUT2D eigenvalue weighted by atomic mass is 10.0. The second-order valence-electron chi connectivity index (χ2n) is 6.63. The molecule has 1 aliphatic heterocycles. The molecule has 24 heavy (non-hydrogen) atoms. The molecule has 1 fully saturated rings. The Balaban J connectivity index is 1.79. The lowest BCUT2D eigenvalue weighted by Gasteiger charge is -2.31. The average Bonchev–Trinajstić information content (AvgIpc) is 2.55. The summed E-state index contributed by atoms with van der Waals surface area (Å²) >= 11 is 0. The Bertz CT molecular complexity index is 549. The van der Waals surface area contributed by atoms with E-state index < -0.39 is 6.03 Å². The topological polar surface area (TPSA) is 84.7 Å². The molecule has 3 amide bonds. The number of likely N-dealkylation sites (tertiary alicyclic amines) is 1. The third-order valence-corrected chi connectivity index (χ3v) is 4.22. The second-order valence-corrected chi connectivity index (χ2v) is 6.63. The number of rotatable bonds is 6. The quantitative estimate of drug-likeness (QED) is 0.838. The molecule has 0 bridgehead atoms. The number of benzene rings is 1. The molecule has 0 atom stereocenters. The van der Waals surface area contributed by atoms with E-state index in [1.165, 1.54) is 0 Å². The third kappa shape index (κ3) is 5.44. The highest BCUT2D eigenvalue weighted by Gasteiger charge is 2.22. The van der Waals surface area contributed by atoms with Gasteiger partial charge in [0.1, 0.15) is 5.75 Å². The lowest BCUT2D eigenvalue weighted by Crippen LogP contribution is -2.48. The standard InChI is InChI=1S/C18H27N3O3/c1-13(2)9-12-24-16-5-3-14(4-6-16)17(22)20-15-7-10-21(11-8-15)18(19)23/h3-6,13,15H,7-12H2,1-2H3,(H2,19,23)(H,20,22). The van der Waals surface area contributed by atoms with Gasteiger partial charge in [-0.3, -0.25) is 4.79 Å². The molecule has 0 spiro atoms. The van der Waals surface area contributed by atoms with E-state index in [9.17, 15) is 9.59 Å². The van der Waals surface area contributed by atoms with Gasteiger partial charge in [0, 0.05) is 24.7 Å². The normalized spacial score (nSPS) is 15.4. The summed E-state index contributed by atoms with van der Waals surface area (Å²) in [6.45, 7) is 6.17. The van der Waals surface area contributed by atoms with Crippen LogP contribution in [0.4, 0.5) is 4.79 Å². The Labute approximate surface area is 143 Å². The van der Waals surface area contributed by atoms with Gasteiger partial charge >= 0.3 is 6.03 Å². The smallest absolute Gasteiger partial charge is 0.314 e. The molecule has 0 radical (unpaired) electrons. The maximum Gasteiger partial charge on any atom is 0.314 e. The molecule has 1 heterocycles. The Morgan fingerprint density at radius 3 is 2.42 bits per heavy atom. The summed E-state index contributed by atoms with van der Waals surface area (Å²) in [7, 11) is 0. The molecular formula is C18H27N3O3. The van der Waals surface area contributed by atoms with Crippen molar-refractivity contribution < 1.29 is 14.3 Å². The maximum absolute atomic E-state index is 12.3. The number of nitrogens with one attached hydrogen (secondary N) is 1. The van der Waals surface area contributed by atoms with E-state index >= 15 is 0 Å². The molecule has 132 valence electrons. The largest absolute Gasteiger partial charge is 0.494 e. The summed E-state index contributed by atoms with van der Waals surface area (Å²) in [6.07, 6.45) is 2.46. The number of nitrogens with zero attached hydrogens (tertiary/aromatic N) is 1. The second kappa shape index (κ2) is 8.57. The van der Waals surface area contributed by atoms with Crippen LogP contribution in [0.15, 0.2) is 24.3 Å². The van der Waals surface area contributed by atoms with E-state index in [2.05, 4.69) is 19.2 Å². The van der Waals surface area contributed by atoms with Crippen LogP contribution in [-0.2, 0) is 0 Å². The van der Waals surface area contributed by atoms with Crippen molar-refractivity contribution in [2.75, 3.05) is 19.7 Å². The number of ether oxygens (including phenoxy) is 1. The van der Waals surface area contributed by atoms with Gasteiger partial charge in [-0.05, 0) is 49.4 Å². The van der Waals surface area contributed by atoms with Gasteiger partial charge in [-0.2, -0.15) is 0 Å². The van der Waals surface area contributed by atoms with Crippen LogP contribution >= 0.6 is 0 Å². The van der Waals surface area contributed by atoms with Crippen LogP contribution in [-0.4, -0.2) is 42.6 Å². The molecule has 0 unspecified atom stereocenters. The molecule has 0 aromatic heterocycles. The van der Waals surface area contributed by atoms with Crippen LogP contribution in [0, 0.1) is 5.92 Å². The van der Waals surface area contributed by atoms with Gasteiger partial charge in [0.05, 0.1) is 6.61 Å². The average molecular weight is 333 g/mol. The van der Waals surface area contributed by atoms with Crippen molar-refractivity contribution in [2.24, 2.45) is 11.7 Å². The summed E-state index contributed by atoms with van der Waals surface area (Å²) in [5.41, 5.74) is 5.87. The van der Waals surface area contributed by atoms with E-state index in [0.29, 0.717) is 31.2 Å². The summed E-state index contributed by atoms with van der Waals surface area (Å²) in [5.74, 6) is 1.29. The van der Waals surface area contributed by atoms with Gasteiger partial charge in [0.2, 0.25) is 0 Å². The Kier molecular flexibility index (Phi) is 6.46. The van der Waals surface area contributed by atoms with Crippen molar-refractivity contribution >= 4 is 11.9 Å². The van der Waals surface area contributed by atoms with Gasteiger partial charge in [-0.1, -0.05) is 13.8 Å². The number of urea groups is 1. The number of carbonyl (C=O) groups is 2. The summed E-state index contributed by atoms with van der Waals surface area (Å²) in [5, 5.41) is 3.01. The fourth-order valence-corrected chi connectivity index (χ4v) is 2.63. The molecule has 3 N–H and O–H groups in total. The zero-order valence-electron chi connectivity index (χ0n) is 14.5. The van der Waals surface area contributed by atoms with Crippen molar-refractivity contribution in [1.29, 1.82) is 0 Å². The highest BCUT2D eigenvalue weighted by Crippen LogP contribution is 2.15. The van der Waals surface area contributed by atoms with Crippen molar-refractivity contribution in [2.45, 2.75) is 39.2 Å². The monoisotopic (exact) mass is 333 g/mol. The molecule has 6 heteroatoms. The molecule has 0 saturated carbocycles. The highest BCUT2D eigenvalue weighted by atomic mass is 16.5. The van der Waals surface area contributed by atoms with Crippen molar-refractivity contribution in [3.05, 3.63) is 29.8 Å². The zero-order valence-corrected chi connectivity index (χ0v) is 14.5. The fourth-order valence-electron chi connectivity index (χ4n) is 2.63. The summed E-state index contributed by atoms with van der Waals surface area (Å²) in [6, 6.07) is 6.88. The minimum absolute atomic E-state index is 0.0788. The Morgan fingerprint density at radius 1 is 1.25 bits per heavy atom. The minimum atomic E-state index is -0.396. The van der Waals surface area contributed by atoms with E-state index in [1.807, 2.05) is 12.1 Å². The number of primary amides is 1. The molecule has 1 saturated heterocycles. The first-order valence-corrected chi connectivity index (χ1v) is 8.54. The van der Waals surface area contributed by atoms with E-state index in [1.54, 1.807) is 17.0 Å². The van der Waals surface area contributed by atoms with E-state index in [-0.39, 0.29) is 11.9 Å². The Hall–Kier alpha value is -2.24. The van der Waals surface area contributed by atoms with Crippen molar-refractivity contribution in [3.8, 4) is 5.75 Å². The molecule has 0 aliphatic carbocycles. The molecular weight excluding hydrogens is 306 g/mol. The van der Waals surface area contributed by atoms with Gasteiger partial charge < -0.3 is 20.7 Å². The van der Waals surface area contributed by atoms with Crippen LogP contribution in [0.5, 0.6) is 5.75 Å². The van der Waals surface area contributed by atoms with Gasteiger partial charge in [-0.25, -0.2) is 4.79 Å². The SMILES string of the molecule is CC(C)CCOc1ccc(C(=O)NC2CCN(C(N)=O)CC2)cc1. The van der Waals surface area contributed by atoms with Crippen LogP contribution in [0.2, 0.25) is 0 Å². The van der Waals surface area contributed by atoms with Crippen LogP contribution in [0.1, 0.15) is 43.5 Å². The first-order valence-electron chi connectivity index (χ1n) is 8.54. The van der Waals surface area contributed by atoms with E-state index in [0.717, 1.165) is 25.0 Å². The maximum atomic E-state index is 12.3. The Morgan fingerprint density at radius 2 is 1.88 bits per heavy atom. The number of hydrogen-bond acceptors (Lipinski definition) is 3. The van der Waals surface area contributed by atoms with Gasteiger partial charge in [-0.15, -0.1) is 0 Å². The van der Waals surface area contributed by atoms with Crippen LogP contribution < -0.4 is 15.8 Å². The predicted octanol–water partition coefficient (Wildman–Crippen LogP) is 2.38. The number of hydrogen-bond donors (Lipinski definition) is 2. The summed E-state index contributed by atoms with van der Waals surface area (Å²) < 4.78 is 5.65. The molecule has 6 nitrogen and oxygen atoms in total. The van der Waals surface area contributed by atoms with Crippen molar-refractivity contribution in [1.82, 2.24) is 10.2 Å². The first kappa shape index (κ1) is 18.1. The zero-order chi connectivity index (χ0) is 17.5. The molecule has 1 aromatic carbocycles.